The van der Waals surface area contributed by atoms with Gasteiger partial charge < -0.3 is 15.2 Å². The first-order valence-electron chi connectivity index (χ1n) is 6.95. The molecule has 2 N–H and O–H groups in total. The summed E-state index contributed by atoms with van der Waals surface area (Å²) >= 11 is 0. The second-order valence-electron chi connectivity index (χ2n) is 5.14. The predicted octanol–water partition coefficient (Wildman–Crippen LogP) is 2.68. The van der Waals surface area contributed by atoms with Crippen LogP contribution in [0.4, 0.5) is 0 Å². The van der Waals surface area contributed by atoms with Gasteiger partial charge in [0, 0.05) is 12.5 Å². The number of hydrogen-bond acceptors (Lipinski definition) is 3. The van der Waals surface area contributed by atoms with E-state index in [0.29, 0.717) is 11.7 Å². The third-order valence-electron chi connectivity index (χ3n) is 3.94. The van der Waals surface area contributed by atoms with Crippen molar-refractivity contribution < 1.29 is 9.84 Å². The summed E-state index contributed by atoms with van der Waals surface area (Å²) in [6, 6.07) is 14.3. The standard InChI is InChI=1S/C17H19NO2/c1-20-17-10-14-13(9-16(17)19)7-8-18-11-15(14)12-5-3-2-4-6-12/h2-6,9-10,15,18-19H,7-8,11H2,1H3. The lowest BCUT2D eigenvalue weighted by molar-refractivity contribution is 0.372. The fraction of sp³-hybridized carbons (Fsp3) is 0.294. The highest BCUT2D eigenvalue weighted by atomic mass is 16.5. The monoisotopic (exact) mass is 269 g/mol. The van der Waals surface area contributed by atoms with Crippen molar-refractivity contribution in [2.24, 2.45) is 0 Å². The maximum atomic E-state index is 9.97. The number of fused-ring (bicyclic) bond motifs is 1. The first-order valence-corrected chi connectivity index (χ1v) is 6.95. The topological polar surface area (TPSA) is 41.5 Å². The predicted molar refractivity (Wildman–Crippen MR) is 79.5 cm³/mol. The summed E-state index contributed by atoms with van der Waals surface area (Å²) in [7, 11) is 1.59. The minimum absolute atomic E-state index is 0.222. The molecule has 1 atom stereocenters. The SMILES string of the molecule is COc1cc2c(cc1O)CCNCC2c1ccccc1. The van der Waals surface area contributed by atoms with Gasteiger partial charge in [-0.25, -0.2) is 0 Å². The van der Waals surface area contributed by atoms with E-state index in [4.69, 9.17) is 4.74 Å². The van der Waals surface area contributed by atoms with E-state index in [9.17, 15) is 5.11 Å². The molecule has 0 aromatic heterocycles. The van der Waals surface area contributed by atoms with Crippen LogP contribution in [0.3, 0.4) is 0 Å². The molecule has 1 unspecified atom stereocenters. The van der Waals surface area contributed by atoms with Gasteiger partial charge in [0.2, 0.25) is 0 Å². The molecule has 0 bridgehead atoms. The van der Waals surface area contributed by atoms with E-state index in [0.717, 1.165) is 19.5 Å². The van der Waals surface area contributed by atoms with Crippen molar-refractivity contribution >= 4 is 0 Å². The minimum Gasteiger partial charge on any atom is -0.504 e. The summed E-state index contributed by atoms with van der Waals surface area (Å²) < 4.78 is 5.27. The van der Waals surface area contributed by atoms with Crippen molar-refractivity contribution in [1.29, 1.82) is 0 Å². The molecule has 1 heterocycles. The number of hydrogen-bond donors (Lipinski definition) is 2. The van der Waals surface area contributed by atoms with Crippen LogP contribution in [0.1, 0.15) is 22.6 Å². The van der Waals surface area contributed by atoms with Gasteiger partial charge in [-0.2, -0.15) is 0 Å². The quantitative estimate of drug-likeness (QED) is 0.880. The smallest absolute Gasteiger partial charge is 0.160 e. The highest BCUT2D eigenvalue weighted by Gasteiger charge is 2.22. The summed E-state index contributed by atoms with van der Waals surface area (Å²) in [5, 5.41) is 13.4. The molecule has 2 aromatic rings. The highest BCUT2D eigenvalue weighted by molar-refractivity contribution is 5.50. The number of nitrogens with one attached hydrogen (secondary N) is 1. The Balaban J connectivity index is 2.11. The molecule has 2 aromatic carbocycles. The first kappa shape index (κ1) is 13.0. The molecule has 3 heteroatoms. The van der Waals surface area contributed by atoms with Crippen molar-refractivity contribution in [3.8, 4) is 11.5 Å². The Morgan fingerprint density at radius 3 is 2.75 bits per heavy atom. The third kappa shape index (κ3) is 2.37. The average molecular weight is 269 g/mol. The number of aromatic hydroxyl groups is 1. The van der Waals surface area contributed by atoms with Gasteiger partial charge in [-0.3, -0.25) is 0 Å². The number of rotatable bonds is 2. The van der Waals surface area contributed by atoms with Gasteiger partial charge in [0.15, 0.2) is 11.5 Å². The molecule has 1 aliphatic rings. The van der Waals surface area contributed by atoms with E-state index in [-0.39, 0.29) is 5.75 Å². The summed E-state index contributed by atoms with van der Waals surface area (Å²) in [6.07, 6.45) is 0.927. The Hall–Kier alpha value is -2.00. The van der Waals surface area contributed by atoms with Gasteiger partial charge in [0.05, 0.1) is 7.11 Å². The fourth-order valence-electron chi connectivity index (χ4n) is 2.89. The van der Waals surface area contributed by atoms with Gasteiger partial charge in [-0.15, -0.1) is 0 Å². The van der Waals surface area contributed by atoms with Crippen LogP contribution >= 0.6 is 0 Å². The summed E-state index contributed by atoms with van der Waals surface area (Å²) in [5.74, 6) is 1.06. The molecule has 0 amide bonds. The molecule has 20 heavy (non-hydrogen) atoms. The van der Waals surface area contributed by atoms with Gasteiger partial charge in [0.25, 0.3) is 0 Å². The Kier molecular flexibility index (Phi) is 3.61. The van der Waals surface area contributed by atoms with Crippen molar-refractivity contribution in [3.05, 3.63) is 59.2 Å². The third-order valence-corrected chi connectivity index (χ3v) is 3.94. The van der Waals surface area contributed by atoms with E-state index >= 15 is 0 Å². The van der Waals surface area contributed by atoms with Gasteiger partial charge in [-0.05, 0) is 41.8 Å². The van der Waals surface area contributed by atoms with Crippen LogP contribution in [0.5, 0.6) is 11.5 Å². The normalized spacial score (nSPS) is 18.1. The molecule has 1 aliphatic heterocycles. The number of ether oxygens (including phenoxy) is 1. The summed E-state index contributed by atoms with van der Waals surface area (Å²) in [6.45, 7) is 1.84. The molecule has 3 rings (SSSR count). The maximum absolute atomic E-state index is 9.97. The van der Waals surface area contributed by atoms with Crippen LogP contribution in [0.15, 0.2) is 42.5 Å². The maximum Gasteiger partial charge on any atom is 0.160 e. The Bertz CT molecular complexity index is 595. The lowest BCUT2D eigenvalue weighted by atomic mass is 9.88. The Morgan fingerprint density at radius 2 is 2.00 bits per heavy atom. The summed E-state index contributed by atoms with van der Waals surface area (Å²) in [4.78, 5) is 0. The van der Waals surface area contributed by atoms with Crippen molar-refractivity contribution in [1.82, 2.24) is 5.32 Å². The second kappa shape index (κ2) is 5.55. The van der Waals surface area contributed by atoms with Crippen molar-refractivity contribution in [3.63, 3.8) is 0 Å². The zero-order chi connectivity index (χ0) is 13.9. The van der Waals surface area contributed by atoms with Crippen LogP contribution in [0, 0.1) is 0 Å². The zero-order valence-corrected chi connectivity index (χ0v) is 11.6. The van der Waals surface area contributed by atoms with E-state index in [1.165, 1.54) is 16.7 Å². The number of phenolic OH excluding ortho intramolecular Hbond substituents is 1. The molecule has 0 radical (unpaired) electrons. The first-order chi connectivity index (χ1) is 9.79. The zero-order valence-electron chi connectivity index (χ0n) is 11.6. The average Bonchev–Trinajstić information content (AvgIpc) is 2.69. The fourth-order valence-corrected chi connectivity index (χ4v) is 2.89. The van der Waals surface area contributed by atoms with Crippen LogP contribution in [0.2, 0.25) is 0 Å². The molecule has 3 nitrogen and oxygen atoms in total. The van der Waals surface area contributed by atoms with Crippen LogP contribution in [0.25, 0.3) is 0 Å². The molecular formula is C17H19NO2. The number of methoxy groups -OCH3 is 1. The van der Waals surface area contributed by atoms with E-state index in [1.807, 2.05) is 18.2 Å². The van der Waals surface area contributed by atoms with E-state index in [2.05, 4.69) is 29.6 Å². The Morgan fingerprint density at radius 1 is 1.20 bits per heavy atom. The Labute approximate surface area is 119 Å². The second-order valence-corrected chi connectivity index (χ2v) is 5.14. The number of phenols is 1. The lowest BCUT2D eigenvalue weighted by Crippen LogP contribution is -2.20. The molecule has 0 saturated carbocycles. The summed E-state index contributed by atoms with van der Waals surface area (Å²) in [5.41, 5.74) is 3.73. The molecule has 0 fully saturated rings. The van der Waals surface area contributed by atoms with Crippen LogP contribution in [-0.2, 0) is 6.42 Å². The molecule has 0 aliphatic carbocycles. The van der Waals surface area contributed by atoms with Crippen LogP contribution in [-0.4, -0.2) is 25.3 Å². The molecule has 0 saturated heterocycles. The van der Waals surface area contributed by atoms with Crippen molar-refractivity contribution in [2.45, 2.75) is 12.3 Å². The van der Waals surface area contributed by atoms with Crippen molar-refractivity contribution in [2.75, 3.05) is 20.2 Å². The lowest BCUT2D eigenvalue weighted by Gasteiger charge is -2.19. The van der Waals surface area contributed by atoms with Gasteiger partial charge >= 0.3 is 0 Å². The van der Waals surface area contributed by atoms with Crippen LogP contribution < -0.4 is 10.1 Å². The minimum atomic E-state index is 0.222. The molecule has 104 valence electrons. The van der Waals surface area contributed by atoms with E-state index in [1.54, 1.807) is 7.11 Å². The highest BCUT2D eigenvalue weighted by Crippen LogP contribution is 2.36. The van der Waals surface area contributed by atoms with Gasteiger partial charge in [-0.1, -0.05) is 30.3 Å². The van der Waals surface area contributed by atoms with Gasteiger partial charge in [0.1, 0.15) is 0 Å². The molecular weight excluding hydrogens is 250 g/mol. The molecule has 0 spiro atoms. The number of benzene rings is 2. The largest absolute Gasteiger partial charge is 0.504 e. The van der Waals surface area contributed by atoms with E-state index < -0.39 is 0 Å².